The van der Waals surface area contributed by atoms with Gasteiger partial charge in [-0.15, -0.1) is 0 Å². The molecule has 0 unspecified atom stereocenters. The van der Waals surface area contributed by atoms with Crippen molar-refractivity contribution in [1.29, 1.82) is 0 Å². The number of rotatable bonds is 4. The lowest BCUT2D eigenvalue weighted by molar-refractivity contribution is 0.303. The Labute approximate surface area is 153 Å². The minimum atomic E-state index is -3.38. The van der Waals surface area contributed by atoms with Crippen molar-refractivity contribution >= 4 is 27.4 Å². The Kier molecular flexibility index (Phi) is 4.83. The molecule has 1 spiro atoms. The molecule has 1 saturated carbocycles. The first-order chi connectivity index (χ1) is 12.3. The van der Waals surface area contributed by atoms with E-state index in [0.717, 1.165) is 32.1 Å². The Hall–Kier alpha value is -2.29. The molecule has 0 radical (unpaired) electrons. The summed E-state index contributed by atoms with van der Waals surface area (Å²) in [5.74, 6) is 0.873. The molecule has 1 fully saturated rings. The van der Waals surface area contributed by atoms with Gasteiger partial charge in [0.2, 0.25) is 11.9 Å². The first-order valence-corrected chi connectivity index (χ1v) is 10.4. The SMILES string of the molecule is CCS(=O)(=O)c1ccc(OC)c(N2C(N)=NC(N)=NC23CCCCC3)c1. The number of anilines is 1. The smallest absolute Gasteiger partial charge is 0.220 e. The van der Waals surface area contributed by atoms with Crippen molar-refractivity contribution in [2.45, 2.75) is 49.6 Å². The van der Waals surface area contributed by atoms with Gasteiger partial charge in [-0.25, -0.2) is 13.4 Å². The Morgan fingerprint density at radius 3 is 2.54 bits per heavy atom. The van der Waals surface area contributed by atoms with E-state index in [1.807, 2.05) is 0 Å². The van der Waals surface area contributed by atoms with Crippen molar-refractivity contribution in [3.63, 3.8) is 0 Å². The molecule has 0 atom stereocenters. The maximum atomic E-state index is 12.4. The normalized spacial score (nSPS) is 19.8. The summed E-state index contributed by atoms with van der Waals surface area (Å²) in [6.45, 7) is 1.61. The van der Waals surface area contributed by atoms with Crippen molar-refractivity contribution < 1.29 is 13.2 Å². The second kappa shape index (κ2) is 6.79. The largest absolute Gasteiger partial charge is 0.495 e. The third kappa shape index (κ3) is 3.11. The number of benzene rings is 1. The molecule has 2 aliphatic rings. The number of hydrogen-bond acceptors (Lipinski definition) is 8. The molecule has 3 rings (SSSR count). The van der Waals surface area contributed by atoms with Crippen LogP contribution in [0.25, 0.3) is 0 Å². The molecule has 1 aliphatic carbocycles. The van der Waals surface area contributed by atoms with E-state index in [1.54, 1.807) is 30.0 Å². The third-order valence-corrected chi connectivity index (χ3v) is 6.71. The molecule has 1 aliphatic heterocycles. The Balaban J connectivity index is 2.19. The molecule has 0 saturated heterocycles. The average molecular weight is 379 g/mol. The van der Waals surface area contributed by atoms with Gasteiger partial charge >= 0.3 is 0 Å². The topological polar surface area (TPSA) is 123 Å². The maximum Gasteiger partial charge on any atom is 0.220 e. The number of sulfone groups is 1. The van der Waals surface area contributed by atoms with E-state index in [0.29, 0.717) is 11.4 Å². The highest BCUT2D eigenvalue weighted by Gasteiger charge is 2.43. The fraction of sp³-hybridized carbons (Fsp3) is 0.529. The van der Waals surface area contributed by atoms with Crippen molar-refractivity contribution in [3.8, 4) is 5.75 Å². The number of aliphatic imine (C=N–C) groups is 2. The minimum absolute atomic E-state index is 0.0125. The molecule has 26 heavy (non-hydrogen) atoms. The maximum absolute atomic E-state index is 12.4. The number of ether oxygens (including phenoxy) is 1. The van der Waals surface area contributed by atoms with Crippen LogP contribution in [0.3, 0.4) is 0 Å². The number of methoxy groups -OCH3 is 1. The van der Waals surface area contributed by atoms with Gasteiger partial charge in [-0.2, -0.15) is 4.99 Å². The molecular weight excluding hydrogens is 354 g/mol. The van der Waals surface area contributed by atoms with Crippen LogP contribution in [0.1, 0.15) is 39.0 Å². The molecule has 0 bridgehead atoms. The zero-order valence-corrected chi connectivity index (χ0v) is 15.9. The number of nitrogens with two attached hydrogens (primary N) is 2. The van der Waals surface area contributed by atoms with Crippen LogP contribution >= 0.6 is 0 Å². The second-order valence-electron chi connectivity index (χ2n) is 6.56. The quantitative estimate of drug-likeness (QED) is 0.819. The van der Waals surface area contributed by atoms with Gasteiger partial charge in [0.05, 0.1) is 23.4 Å². The molecular formula is C17H25N5O3S. The summed E-state index contributed by atoms with van der Waals surface area (Å²) in [6.07, 6.45) is 4.60. The summed E-state index contributed by atoms with van der Waals surface area (Å²) in [7, 11) is -1.84. The van der Waals surface area contributed by atoms with Gasteiger partial charge < -0.3 is 16.2 Å². The molecule has 1 heterocycles. The molecule has 9 heteroatoms. The van der Waals surface area contributed by atoms with Crippen molar-refractivity contribution in [2.24, 2.45) is 21.5 Å². The van der Waals surface area contributed by atoms with E-state index in [2.05, 4.69) is 9.98 Å². The molecule has 1 aromatic rings. The highest BCUT2D eigenvalue weighted by Crippen LogP contribution is 2.43. The van der Waals surface area contributed by atoms with Gasteiger partial charge in [0, 0.05) is 0 Å². The molecule has 1 aromatic carbocycles. The Bertz CT molecular complexity index is 857. The summed E-state index contributed by atoms with van der Waals surface area (Å²) in [6, 6.07) is 4.78. The summed E-state index contributed by atoms with van der Waals surface area (Å²) in [5.41, 5.74) is 12.0. The van der Waals surface area contributed by atoms with E-state index in [-0.39, 0.29) is 22.6 Å². The van der Waals surface area contributed by atoms with E-state index >= 15 is 0 Å². The second-order valence-corrected chi connectivity index (χ2v) is 8.83. The lowest BCUT2D eigenvalue weighted by Crippen LogP contribution is -2.58. The Morgan fingerprint density at radius 2 is 1.92 bits per heavy atom. The van der Waals surface area contributed by atoms with Crippen LogP contribution in [0.4, 0.5) is 5.69 Å². The summed E-state index contributed by atoms with van der Waals surface area (Å²) < 4.78 is 30.2. The molecule has 0 aromatic heterocycles. The lowest BCUT2D eigenvalue weighted by atomic mass is 9.87. The fourth-order valence-corrected chi connectivity index (χ4v) is 4.57. The van der Waals surface area contributed by atoms with Crippen LogP contribution in [0.2, 0.25) is 0 Å². The molecule has 142 valence electrons. The molecule has 0 amide bonds. The highest BCUT2D eigenvalue weighted by molar-refractivity contribution is 7.91. The standard InChI is InChI=1S/C17H25N5O3S/c1-3-26(23,24)12-7-8-14(25-2)13(11-12)22-16(19)20-15(18)21-17(22)9-5-4-6-10-17/h7-8,11H,3-6,9-10H2,1-2H3,(H4,18,19,20,21). The predicted octanol–water partition coefficient (Wildman–Crippen LogP) is 1.60. The van der Waals surface area contributed by atoms with Crippen LogP contribution in [0.5, 0.6) is 5.75 Å². The number of nitrogens with zero attached hydrogens (tertiary/aromatic N) is 3. The van der Waals surface area contributed by atoms with Gasteiger partial charge in [-0.1, -0.05) is 13.3 Å². The first-order valence-electron chi connectivity index (χ1n) is 8.73. The van der Waals surface area contributed by atoms with E-state index in [4.69, 9.17) is 16.2 Å². The fourth-order valence-electron chi connectivity index (χ4n) is 3.67. The van der Waals surface area contributed by atoms with Gasteiger partial charge in [0.1, 0.15) is 11.4 Å². The van der Waals surface area contributed by atoms with Crippen molar-refractivity contribution in [2.75, 3.05) is 17.8 Å². The number of guanidine groups is 2. The van der Waals surface area contributed by atoms with Gasteiger partial charge in [0.15, 0.2) is 9.84 Å². The zero-order valence-electron chi connectivity index (χ0n) is 15.1. The molecule has 8 nitrogen and oxygen atoms in total. The van der Waals surface area contributed by atoms with Crippen LogP contribution in [-0.4, -0.2) is 38.9 Å². The van der Waals surface area contributed by atoms with Crippen molar-refractivity contribution in [1.82, 2.24) is 0 Å². The van der Waals surface area contributed by atoms with E-state index in [9.17, 15) is 8.42 Å². The van der Waals surface area contributed by atoms with Crippen LogP contribution < -0.4 is 21.1 Å². The highest BCUT2D eigenvalue weighted by atomic mass is 32.2. The average Bonchev–Trinajstić information content (AvgIpc) is 2.61. The zero-order chi connectivity index (χ0) is 18.9. The monoisotopic (exact) mass is 379 g/mol. The first kappa shape index (κ1) is 18.5. The van der Waals surface area contributed by atoms with Crippen molar-refractivity contribution in [3.05, 3.63) is 18.2 Å². The van der Waals surface area contributed by atoms with Crippen LogP contribution in [0.15, 0.2) is 33.1 Å². The van der Waals surface area contributed by atoms with Gasteiger partial charge in [0.25, 0.3) is 0 Å². The summed E-state index contributed by atoms with van der Waals surface area (Å²) >= 11 is 0. The summed E-state index contributed by atoms with van der Waals surface area (Å²) in [4.78, 5) is 10.7. The van der Waals surface area contributed by atoms with Gasteiger partial charge in [-0.3, -0.25) is 4.90 Å². The van der Waals surface area contributed by atoms with Gasteiger partial charge in [-0.05, 0) is 43.9 Å². The van der Waals surface area contributed by atoms with E-state index in [1.165, 1.54) is 7.11 Å². The predicted molar refractivity (Wildman–Crippen MR) is 102 cm³/mol. The Morgan fingerprint density at radius 1 is 1.23 bits per heavy atom. The lowest BCUT2D eigenvalue weighted by Gasteiger charge is -2.45. The molecule has 4 N–H and O–H groups in total. The third-order valence-electron chi connectivity index (χ3n) is 4.98. The minimum Gasteiger partial charge on any atom is -0.495 e. The van der Waals surface area contributed by atoms with E-state index < -0.39 is 15.5 Å². The van der Waals surface area contributed by atoms with Crippen LogP contribution in [0, 0.1) is 0 Å². The van der Waals surface area contributed by atoms with Crippen LogP contribution in [-0.2, 0) is 9.84 Å². The summed E-state index contributed by atoms with van der Waals surface area (Å²) in [5, 5.41) is 0. The number of hydrogen-bond donors (Lipinski definition) is 2.